The summed E-state index contributed by atoms with van der Waals surface area (Å²) in [6, 6.07) is 7.23. The SMILES string of the molecule is O=C(O)CC(c1ccc(F)cc1F)N1C(=O)c2ccccc2C1=O. The maximum atomic E-state index is 14.1. The van der Waals surface area contributed by atoms with Crippen molar-refractivity contribution in [3.8, 4) is 0 Å². The zero-order chi connectivity index (χ0) is 17.4. The third-order valence-electron chi connectivity index (χ3n) is 3.83. The van der Waals surface area contributed by atoms with Gasteiger partial charge in [0.25, 0.3) is 11.8 Å². The Hall–Kier alpha value is -3.09. The predicted octanol–water partition coefficient (Wildman–Crippen LogP) is 2.78. The fraction of sp³-hybridized carbons (Fsp3) is 0.118. The van der Waals surface area contributed by atoms with E-state index in [0.29, 0.717) is 6.07 Å². The van der Waals surface area contributed by atoms with Gasteiger partial charge in [-0.3, -0.25) is 19.3 Å². The molecular weight excluding hydrogens is 320 g/mol. The monoisotopic (exact) mass is 331 g/mol. The molecule has 2 aromatic carbocycles. The van der Waals surface area contributed by atoms with Gasteiger partial charge in [0.2, 0.25) is 0 Å². The Morgan fingerprint density at radius 1 is 1.04 bits per heavy atom. The number of imide groups is 1. The molecule has 1 aliphatic rings. The summed E-state index contributed by atoms with van der Waals surface area (Å²) in [5.41, 5.74) is 0.0223. The highest BCUT2D eigenvalue weighted by molar-refractivity contribution is 6.21. The number of carboxylic acid groups (broad SMARTS) is 1. The second kappa shape index (κ2) is 5.84. The minimum atomic E-state index is -1.37. The Kier molecular flexibility index (Phi) is 3.84. The number of carbonyl (C=O) groups excluding carboxylic acids is 2. The van der Waals surface area contributed by atoms with Crippen LogP contribution in [0.5, 0.6) is 0 Å². The molecule has 122 valence electrons. The van der Waals surface area contributed by atoms with Crippen LogP contribution in [0.15, 0.2) is 42.5 Å². The van der Waals surface area contributed by atoms with E-state index in [4.69, 9.17) is 5.11 Å². The number of fused-ring (bicyclic) bond motifs is 1. The van der Waals surface area contributed by atoms with Crippen molar-refractivity contribution in [1.82, 2.24) is 4.90 Å². The molecule has 0 spiro atoms. The van der Waals surface area contributed by atoms with Gasteiger partial charge in [-0.1, -0.05) is 18.2 Å². The summed E-state index contributed by atoms with van der Waals surface area (Å²) in [6.07, 6.45) is -0.686. The number of hydrogen-bond donors (Lipinski definition) is 1. The van der Waals surface area contributed by atoms with Crippen molar-refractivity contribution in [1.29, 1.82) is 0 Å². The molecule has 0 radical (unpaired) electrons. The molecule has 0 fully saturated rings. The van der Waals surface area contributed by atoms with Crippen LogP contribution in [-0.2, 0) is 4.79 Å². The first-order valence-electron chi connectivity index (χ1n) is 7.04. The van der Waals surface area contributed by atoms with E-state index in [1.165, 1.54) is 12.1 Å². The van der Waals surface area contributed by atoms with Crippen LogP contribution in [0.25, 0.3) is 0 Å². The number of halogens is 2. The van der Waals surface area contributed by atoms with Crippen molar-refractivity contribution >= 4 is 17.8 Å². The van der Waals surface area contributed by atoms with Crippen molar-refractivity contribution in [2.24, 2.45) is 0 Å². The van der Waals surface area contributed by atoms with Gasteiger partial charge in [0.05, 0.1) is 23.6 Å². The lowest BCUT2D eigenvalue weighted by atomic mass is 10.0. The van der Waals surface area contributed by atoms with E-state index < -0.39 is 41.9 Å². The zero-order valence-corrected chi connectivity index (χ0v) is 12.2. The molecule has 1 heterocycles. The number of carbonyl (C=O) groups is 3. The number of rotatable bonds is 4. The van der Waals surface area contributed by atoms with Crippen LogP contribution in [-0.4, -0.2) is 27.8 Å². The molecule has 0 saturated heterocycles. The molecule has 7 heteroatoms. The molecule has 24 heavy (non-hydrogen) atoms. The fourth-order valence-corrected chi connectivity index (χ4v) is 2.77. The summed E-state index contributed by atoms with van der Waals surface area (Å²) < 4.78 is 27.2. The van der Waals surface area contributed by atoms with E-state index in [0.717, 1.165) is 17.0 Å². The van der Waals surface area contributed by atoms with Gasteiger partial charge in [0.1, 0.15) is 11.6 Å². The smallest absolute Gasteiger partial charge is 0.305 e. The van der Waals surface area contributed by atoms with Gasteiger partial charge < -0.3 is 5.11 Å². The fourth-order valence-electron chi connectivity index (χ4n) is 2.77. The first kappa shape index (κ1) is 15.8. The molecule has 0 saturated carbocycles. The number of nitrogens with zero attached hydrogens (tertiary/aromatic N) is 1. The maximum Gasteiger partial charge on any atom is 0.305 e. The van der Waals surface area contributed by atoms with Gasteiger partial charge in [-0.25, -0.2) is 8.78 Å². The molecule has 5 nitrogen and oxygen atoms in total. The molecule has 2 aromatic rings. The molecule has 3 rings (SSSR count). The summed E-state index contributed by atoms with van der Waals surface area (Å²) >= 11 is 0. The second-order valence-electron chi connectivity index (χ2n) is 5.31. The molecule has 2 amide bonds. The van der Waals surface area contributed by atoms with Crippen LogP contribution >= 0.6 is 0 Å². The molecule has 0 bridgehead atoms. The highest BCUT2D eigenvalue weighted by Crippen LogP contribution is 2.34. The molecule has 0 aromatic heterocycles. The van der Waals surface area contributed by atoms with E-state index >= 15 is 0 Å². The normalized spacial score (nSPS) is 14.7. The van der Waals surface area contributed by atoms with Gasteiger partial charge in [0, 0.05) is 11.6 Å². The van der Waals surface area contributed by atoms with Gasteiger partial charge >= 0.3 is 5.97 Å². The topological polar surface area (TPSA) is 74.7 Å². The van der Waals surface area contributed by atoms with Crippen molar-refractivity contribution < 1.29 is 28.3 Å². The van der Waals surface area contributed by atoms with Crippen LogP contribution in [0.2, 0.25) is 0 Å². The number of benzene rings is 2. The standard InChI is InChI=1S/C17H11F2NO4/c18-9-5-6-12(13(19)7-9)14(8-15(21)22)20-16(23)10-3-1-2-4-11(10)17(20)24/h1-7,14H,8H2,(H,21,22). The molecule has 1 aliphatic heterocycles. The summed E-state index contributed by atoms with van der Waals surface area (Å²) in [5, 5.41) is 9.09. The molecule has 1 unspecified atom stereocenters. The van der Waals surface area contributed by atoms with Crippen molar-refractivity contribution in [2.45, 2.75) is 12.5 Å². The van der Waals surface area contributed by atoms with E-state index in [-0.39, 0.29) is 16.7 Å². The summed E-state index contributed by atoms with van der Waals surface area (Å²) in [5.74, 6) is -4.58. The molecule has 1 N–H and O–H groups in total. The van der Waals surface area contributed by atoms with Crippen molar-refractivity contribution in [3.63, 3.8) is 0 Å². The third-order valence-corrected chi connectivity index (χ3v) is 3.83. The zero-order valence-electron chi connectivity index (χ0n) is 12.2. The Balaban J connectivity index is 2.09. The highest BCUT2D eigenvalue weighted by Gasteiger charge is 2.41. The Morgan fingerprint density at radius 3 is 2.12 bits per heavy atom. The van der Waals surface area contributed by atoms with E-state index in [1.807, 2.05) is 0 Å². The average molecular weight is 331 g/mol. The average Bonchev–Trinajstić information content (AvgIpc) is 2.77. The van der Waals surface area contributed by atoms with Gasteiger partial charge in [-0.15, -0.1) is 0 Å². The quantitative estimate of drug-likeness (QED) is 0.874. The predicted molar refractivity (Wildman–Crippen MR) is 78.3 cm³/mol. The van der Waals surface area contributed by atoms with Crippen molar-refractivity contribution in [3.05, 3.63) is 70.8 Å². The molecule has 1 atom stereocenters. The Labute approximate surface area is 135 Å². The second-order valence-corrected chi connectivity index (χ2v) is 5.31. The van der Waals surface area contributed by atoms with Crippen LogP contribution in [0.1, 0.15) is 38.7 Å². The van der Waals surface area contributed by atoms with Crippen LogP contribution in [0.3, 0.4) is 0 Å². The van der Waals surface area contributed by atoms with Crippen LogP contribution in [0, 0.1) is 11.6 Å². The first-order valence-corrected chi connectivity index (χ1v) is 7.04. The largest absolute Gasteiger partial charge is 0.481 e. The van der Waals surface area contributed by atoms with E-state index in [9.17, 15) is 23.2 Å². The first-order chi connectivity index (χ1) is 11.4. The minimum absolute atomic E-state index is 0.125. The summed E-state index contributed by atoms with van der Waals surface area (Å²) in [4.78, 5) is 36.9. The van der Waals surface area contributed by atoms with Crippen LogP contribution in [0.4, 0.5) is 8.78 Å². The number of aliphatic carboxylic acids is 1. The number of amides is 2. The Bertz CT molecular complexity index is 830. The number of carboxylic acids is 1. The van der Waals surface area contributed by atoms with E-state index in [1.54, 1.807) is 12.1 Å². The maximum absolute atomic E-state index is 14.1. The van der Waals surface area contributed by atoms with Gasteiger partial charge in [-0.2, -0.15) is 0 Å². The van der Waals surface area contributed by atoms with Gasteiger partial charge in [0.15, 0.2) is 0 Å². The molecular formula is C17H11F2NO4. The highest BCUT2D eigenvalue weighted by atomic mass is 19.1. The Morgan fingerprint density at radius 2 is 1.62 bits per heavy atom. The van der Waals surface area contributed by atoms with Crippen molar-refractivity contribution in [2.75, 3.05) is 0 Å². The lowest BCUT2D eigenvalue weighted by molar-refractivity contribution is -0.138. The third kappa shape index (κ3) is 2.54. The minimum Gasteiger partial charge on any atom is -0.481 e. The lowest BCUT2D eigenvalue weighted by Gasteiger charge is -2.25. The summed E-state index contributed by atoms with van der Waals surface area (Å²) in [7, 11) is 0. The number of hydrogen-bond acceptors (Lipinski definition) is 3. The summed E-state index contributed by atoms with van der Waals surface area (Å²) in [6.45, 7) is 0. The van der Waals surface area contributed by atoms with Gasteiger partial charge in [-0.05, 0) is 18.2 Å². The van der Waals surface area contributed by atoms with E-state index in [2.05, 4.69) is 0 Å². The van der Waals surface area contributed by atoms with Crippen LogP contribution < -0.4 is 0 Å². The lowest BCUT2D eigenvalue weighted by Crippen LogP contribution is -2.35. The molecule has 0 aliphatic carbocycles.